The minimum Gasteiger partial charge on any atom is -0.370 e. The van der Waals surface area contributed by atoms with E-state index in [1.54, 1.807) is 0 Å². The van der Waals surface area contributed by atoms with Crippen LogP contribution in [0, 0.1) is 0 Å². The maximum atomic E-state index is 4.27. The third kappa shape index (κ3) is 2.83. The van der Waals surface area contributed by atoms with Crippen LogP contribution in [0.1, 0.15) is 51.0 Å². The van der Waals surface area contributed by atoms with Crippen LogP contribution in [0.5, 0.6) is 0 Å². The Morgan fingerprint density at radius 3 is 2.38 bits per heavy atom. The van der Waals surface area contributed by atoms with Crippen molar-refractivity contribution in [3.63, 3.8) is 0 Å². The van der Waals surface area contributed by atoms with Gasteiger partial charge in [0.1, 0.15) is 0 Å². The van der Waals surface area contributed by atoms with Gasteiger partial charge in [-0.2, -0.15) is 0 Å². The lowest BCUT2D eigenvalue weighted by Gasteiger charge is -2.51. The largest absolute Gasteiger partial charge is 0.370 e. The second-order valence-electron chi connectivity index (χ2n) is 7.82. The molecule has 1 aliphatic heterocycles. The average molecular weight is 328 g/mol. The first-order valence-electron chi connectivity index (χ1n) is 9.47. The van der Waals surface area contributed by atoms with Crippen LogP contribution in [0.4, 0.5) is 0 Å². The van der Waals surface area contributed by atoms with E-state index in [1.165, 1.54) is 44.1 Å². The van der Waals surface area contributed by atoms with Gasteiger partial charge in [-0.3, -0.25) is 4.90 Å². The van der Waals surface area contributed by atoms with E-state index in [9.17, 15) is 0 Å². The molecular formula is C21H33N3. The Labute approximate surface area is 147 Å². The Kier molecular flexibility index (Phi) is 4.91. The number of rotatable bonds is 5. The number of nitrogens with one attached hydrogen (secondary N) is 1. The van der Waals surface area contributed by atoms with Crippen molar-refractivity contribution >= 4 is 0 Å². The second kappa shape index (κ2) is 6.79. The van der Waals surface area contributed by atoms with Crippen LogP contribution in [-0.4, -0.2) is 42.5 Å². The summed E-state index contributed by atoms with van der Waals surface area (Å²) in [6, 6.07) is 11.1. The number of benzene rings is 1. The van der Waals surface area contributed by atoms with Crippen molar-refractivity contribution in [2.24, 2.45) is 0 Å². The van der Waals surface area contributed by atoms with Gasteiger partial charge in [-0.15, -0.1) is 0 Å². The maximum absolute atomic E-state index is 4.27. The fourth-order valence-corrected chi connectivity index (χ4v) is 4.75. The first-order chi connectivity index (χ1) is 11.5. The molecule has 1 saturated heterocycles. The SMILES string of the molecule is C=C1NCC2(CCC(c3ccccc3)(N(C)C)CC2)N1CCCC. The van der Waals surface area contributed by atoms with Gasteiger partial charge in [0, 0.05) is 18.6 Å². The Balaban J connectivity index is 1.81. The summed E-state index contributed by atoms with van der Waals surface area (Å²) < 4.78 is 0. The van der Waals surface area contributed by atoms with Gasteiger partial charge in [-0.25, -0.2) is 0 Å². The molecule has 0 amide bonds. The monoisotopic (exact) mass is 327 g/mol. The molecule has 1 spiro atoms. The standard InChI is InChI=1S/C21H33N3/c1-5-6-16-24-18(2)22-17-20(24)12-14-21(15-13-20,23(3)4)19-10-8-7-9-11-19/h7-11,22H,2,5-6,12-17H2,1,3-4H3. The van der Waals surface area contributed by atoms with E-state index in [1.807, 2.05) is 0 Å². The lowest BCUT2D eigenvalue weighted by atomic mass is 9.68. The normalized spacial score (nSPS) is 30.2. The van der Waals surface area contributed by atoms with Crippen molar-refractivity contribution in [3.05, 3.63) is 48.3 Å². The van der Waals surface area contributed by atoms with E-state index in [0.717, 1.165) is 18.9 Å². The fraction of sp³-hybridized carbons (Fsp3) is 0.619. The first-order valence-corrected chi connectivity index (χ1v) is 9.47. The zero-order valence-corrected chi connectivity index (χ0v) is 15.6. The molecule has 2 aliphatic rings. The van der Waals surface area contributed by atoms with Gasteiger partial charge >= 0.3 is 0 Å². The van der Waals surface area contributed by atoms with E-state index >= 15 is 0 Å². The molecule has 0 aromatic heterocycles. The van der Waals surface area contributed by atoms with Crippen LogP contribution in [0.15, 0.2) is 42.7 Å². The van der Waals surface area contributed by atoms with Crippen LogP contribution in [0.2, 0.25) is 0 Å². The number of unbranched alkanes of at least 4 members (excludes halogenated alkanes) is 1. The van der Waals surface area contributed by atoms with Crippen molar-refractivity contribution < 1.29 is 0 Å². The van der Waals surface area contributed by atoms with Crippen molar-refractivity contribution in [1.82, 2.24) is 15.1 Å². The summed E-state index contributed by atoms with van der Waals surface area (Å²) in [6.07, 6.45) is 7.38. The summed E-state index contributed by atoms with van der Waals surface area (Å²) >= 11 is 0. The molecule has 1 saturated carbocycles. The van der Waals surface area contributed by atoms with Crippen LogP contribution in [0.3, 0.4) is 0 Å². The molecule has 0 unspecified atom stereocenters. The molecular weight excluding hydrogens is 294 g/mol. The minimum atomic E-state index is 0.173. The zero-order valence-electron chi connectivity index (χ0n) is 15.6. The smallest absolute Gasteiger partial charge is 0.0944 e. The molecule has 24 heavy (non-hydrogen) atoms. The molecule has 3 rings (SSSR count). The van der Waals surface area contributed by atoms with E-state index in [0.29, 0.717) is 0 Å². The molecule has 1 heterocycles. The Morgan fingerprint density at radius 1 is 1.12 bits per heavy atom. The van der Waals surface area contributed by atoms with Crippen molar-refractivity contribution in [2.45, 2.75) is 56.5 Å². The third-order valence-electron chi connectivity index (χ3n) is 6.43. The molecule has 132 valence electrons. The minimum absolute atomic E-state index is 0.173. The number of nitrogens with zero attached hydrogens (tertiary/aromatic N) is 2. The Bertz CT molecular complexity index is 556. The topological polar surface area (TPSA) is 18.5 Å². The first kappa shape index (κ1) is 17.3. The number of hydrogen-bond donors (Lipinski definition) is 1. The molecule has 0 atom stereocenters. The van der Waals surface area contributed by atoms with Gasteiger partial charge in [0.15, 0.2) is 0 Å². The van der Waals surface area contributed by atoms with Gasteiger partial charge in [-0.05, 0) is 51.8 Å². The van der Waals surface area contributed by atoms with E-state index in [-0.39, 0.29) is 11.1 Å². The van der Waals surface area contributed by atoms with Crippen LogP contribution >= 0.6 is 0 Å². The lowest BCUT2D eigenvalue weighted by Crippen LogP contribution is -2.54. The van der Waals surface area contributed by atoms with Crippen molar-refractivity contribution in [3.8, 4) is 0 Å². The van der Waals surface area contributed by atoms with Crippen LogP contribution in [0.25, 0.3) is 0 Å². The van der Waals surface area contributed by atoms with Gasteiger partial charge in [0.05, 0.1) is 11.4 Å². The second-order valence-corrected chi connectivity index (χ2v) is 7.82. The van der Waals surface area contributed by atoms with Crippen LogP contribution in [-0.2, 0) is 5.54 Å². The summed E-state index contributed by atoms with van der Waals surface area (Å²) in [5, 5.41) is 3.55. The van der Waals surface area contributed by atoms with Crippen molar-refractivity contribution in [2.75, 3.05) is 27.2 Å². The van der Waals surface area contributed by atoms with Gasteiger partial charge in [0.25, 0.3) is 0 Å². The summed E-state index contributed by atoms with van der Waals surface area (Å²) in [5.74, 6) is 1.14. The van der Waals surface area contributed by atoms with Crippen molar-refractivity contribution in [1.29, 1.82) is 0 Å². The maximum Gasteiger partial charge on any atom is 0.0944 e. The molecule has 0 bridgehead atoms. The van der Waals surface area contributed by atoms with E-state index < -0.39 is 0 Å². The molecule has 3 nitrogen and oxygen atoms in total. The summed E-state index contributed by atoms with van der Waals surface area (Å²) in [5.41, 5.74) is 1.92. The Morgan fingerprint density at radius 2 is 1.79 bits per heavy atom. The average Bonchev–Trinajstić information content (AvgIpc) is 2.90. The molecule has 3 heteroatoms. The Hall–Kier alpha value is -1.48. The number of hydrogen-bond acceptors (Lipinski definition) is 3. The highest BCUT2D eigenvalue weighted by Gasteiger charge is 2.50. The third-order valence-corrected chi connectivity index (χ3v) is 6.43. The fourth-order valence-electron chi connectivity index (χ4n) is 4.75. The molecule has 0 radical (unpaired) electrons. The molecule has 1 aromatic carbocycles. The molecule has 1 aromatic rings. The highest BCUT2D eigenvalue weighted by Crippen LogP contribution is 2.48. The van der Waals surface area contributed by atoms with E-state index in [2.05, 4.69) is 73.0 Å². The van der Waals surface area contributed by atoms with Gasteiger partial charge < -0.3 is 10.2 Å². The molecule has 1 aliphatic carbocycles. The highest BCUT2D eigenvalue weighted by atomic mass is 15.4. The predicted octanol–water partition coefficient (Wildman–Crippen LogP) is 3.93. The highest BCUT2D eigenvalue weighted by molar-refractivity contribution is 5.27. The van der Waals surface area contributed by atoms with Crippen LogP contribution < -0.4 is 5.32 Å². The molecule has 2 fully saturated rings. The van der Waals surface area contributed by atoms with E-state index in [4.69, 9.17) is 0 Å². The summed E-state index contributed by atoms with van der Waals surface area (Å²) in [6.45, 7) is 8.75. The quantitative estimate of drug-likeness (QED) is 0.884. The lowest BCUT2D eigenvalue weighted by molar-refractivity contribution is 0.0235. The van der Waals surface area contributed by atoms with Gasteiger partial charge in [-0.1, -0.05) is 50.3 Å². The van der Waals surface area contributed by atoms with Gasteiger partial charge in [0.2, 0.25) is 0 Å². The summed E-state index contributed by atoms with van der Waals surface area (Å²) in [4.78, 5) is 5.03. The zero-order chi connectivity index (χ0) is 17.2. The predicted molar refractivity (Wildman–Crippen MR) is 102 cm³/mol. The summed E-state index contributed by atoms with van der Waals surface area (Å²) in [7, 11) is 4.48. The molecule has 1 N–H and O–H groups in total.